The van der Waals surface area contributed by atoms with E-state index in [-0.39, 0.29) is 11.5 Å². The number of benzene rings is 1. The molecule has 0 aliphatic heterocycles. The van der Waals surface area contributed by atoms with Crippen molar-refractivity contribution < 1.29 is 8.42 Å². The van der Waals surface area contributed by atoms with E-state index >= 15 is 0 Å². The third-order valence-electron chi connectivity index (χ3n) is 2.21. The Morgan fingerprint density at radius 1 is 1.41 bits per heavy atom. The zero-order valence-corrected chi connectivity index (χ0v) is 11.8. The highest BCUT2D eigenvalue weighted by molar-refractivity contribution is 9.10. The van der Waals surface area contributed by atoms with Gasteiger partial charge in [0, 0.05) is 22.5 Å². The summed E-state index contributed by atoms with van der Waals surface area (Å²) in [5.74, 6) is 0.245. The minimum atomic E-state index is -2.95. The molecule has 0 aliphatic carbocycles. The molecule has 1 N–H and O–H groups in total. The predicted octanol–water partition coefficient (Wildman–Crippen LogP) is 2.17. The zero-order valence-electron chi connectivity index (χ0n) is 9.40. The van der Waals surface area contributed by atoms with Crippen LogP contribution < -0.4 is 5.32 Å². The molecule has 0 atom stereocenters. The summed E-state index contributed by atoms with van der Waals surface area (Å²) in [7, 11) is -2.95. The monoisotopic (exact) mass is 316 g/mol. The first-order chi connectivity index (χ1) is 7.96. The number of nitriles is 1. The van der Waals surface area contributed by atoms with E-state index in [4.69, 9.17) is 5.26 Å². The first-order valence-corrected chi connectivity index (χ1v) is 7.73. The molecule has 0 fully saturated rings. The molecule has 1 aromatic carbocycles. The largest absolute Gasteiger partial charge is 0.384 e. The van der Waals surface area contributed by atoms with Crippen LogP contribution in [0, 0.1) is 11.3 Å². The molecule has 0 saturated carbocycles. The molecule has 1 aromatic rings. The molecule has 0 amide bonds. The van der Waals surface area contributed by atoms with Gasteiger partial charge in [-0.05, 0) is 18.2 Å². The van der Waals surface area contributed by atoms with Crippen LogP contribution in [-0.2, 0) is 9.84 Å². The molecule has 17 heavy (non-hydrogen) atoms. The normalized spacial score (nSPS) is 10.9. The van der Waals surface area contributed by atoms with Crippen molar-refractivity contribution in [3.8, 4) is 6.07 Å². The number of sulfone groups is 1. The quantitative estimate of drug-likeness (QED) is 0.903. The second kappa shape index (κ2) is 6.03. The van der Waals surface area contributed by atoms with Crippen molar-refractivity contribution in [2.45, 2.75) is 6.92 Å². The second-order valence-corrected chi connectivity index (χ2v) is 6.89. The smallest absolute Gasteiger partial charge is 0.151 e. The molecule has 0 aromatic heterocycles. The molecular weight excluding hydrogens is 304 g/mol. The van der Waals surface area contributed by atoms with E-state index in [0.29, 0.717) is 12.1 Å². The highest BCUT2D eigenvalue weighted by atomic mass is 79.9. The number of anilines is 1. The Kier molecular flexibility index (Phi) is 4.97. The number of rotatable bonds is 5. The van der Waals surface area contributed by atoms with Crippen molar-refractivity contribution in [1.29, 1.82) is 5.26 Å². The van der Waals surface area contributed by atoms with Crippen molar-refractivity contribution in [2.24, 2.45) is 0 Å². The lowest BCUT2D eigenvalue weighted by Gasteiger charge is -2.07. The van der Waals surface area contributed by atoms with Crippen LogP contribution >= 0.6 is 15.9 Å². The minimum absolute atomic E-state index is 0.0951. The zero-order chi connectivity index (χ0) is 12.9. The Hall–Kier alpha value is -1.06. The lowest BCUT2D eigenvalue weighted by Crippen LogP contribution is -2.17. The average molecular weight is 317 g/mol. The van der Waals surface area contributed by atoms with Crippen molar-refractivity contribution in [2.75, 3.05) is 23.4 Å². The highest BCUT2D eigenvalue weighted by Crippen LogP contribution is 2.18. The van der Waals surface area contributed by atoms with E-state index in [1.165, 1.54) is 0 Å². The molecule has 6 heteroatoms. The summed E-state index contributed by atoms with van der Waals surface area (Å²) < 4.78 is 23.3. The van der Waals surface area contributed by atoms with Gasteiger partial charge in [0.05, 0.1) is 17.4 Å². The Bertz CT molecular complexity index is 535. The maximum absolute atomic E-state index is 11.3. The number of nitrogens with zero attached hydrogens (tertiary/aromatic N) is 1. The maximum Gasteiger partial charge on any atom is 0.151 e. The summed E-state index contributed by atoms with van der Waals surface area (Å²) in [4.78, 5) is 0. The van der Waals surface area contributed by atoms with Crippen molar-refractivity contribution in [1.82, 2.24) is 0 Å². The first kappa shape index (κ1) is 14.0. The molecular formula is C11H13BrN2O2S. The Morgan fingerprint density at radius 3 is 2.71 bits per heavy atom. The fourth-order valence-electron chi connectivity index (χ4n) is 1.25. The van der Waals surface area contributed by atoms with Gasteiger partial charge in [0.15, 0.2) is 9.84 Å². The molecule has 1 rings (SSSR count). The molecule has 0 spiro atoms. The fraction of sp³-hybridized carbons (Fsp3) is 0.364. The third kappa shape index (κ3) is 4.75. The minimum Gasteiger partial charge on any atom is -0.384 e. The predicted molar refractivity (Wildman–Crippen MR) is 71.7 cm³/mol. The molecule has 0 aliphatic rings. The van der Waals surface area contributed by atoms with Crippen molar-refractivity contribution in [3.05, 3.63) is 28.2 Å². The molecule has 0 bridgehead atoms. The van der Waals surface area contributed by atoms with E-state index in [2.05, 4.69) is 21.2 Å². The molecule has 4 nitrogen and oxygen atoms in total. The van der Waals surface area contributed by atoms with E-state index in [1.54, 1.807) is 25.1 Å². The van der Waals surface area contributed by atoms with Gasteiger partial charge in [-0.25, -0.2) is 8.42 Å². The third-order valence-corrected chi connectivity index (χ3v) is 4.37. The maximum atomic E-state index is 11.3. The summed E-state index contributed by atoms with van der Waals surface area (Å²) in [6.07, 6.45) is 0. The van der Waals surface area contributed by atoms with Crippen LogP contribution in [0.25, 0.3) is 0 Å². The first-order valence-electron chi connectivity index (χ1n) is 5.12. The SMILES string of the molecule is CCS(=O)(=O)CCNc1cc(Br)cc(C#N)c1. The summed E-state index contributed by atoms with van der Waals surface area (Å²) >= 11 is 3.29. The van der Waals surface area contributed by atoms with Crippen LogP contribution in [0.1, 0.15) is 12.5 Å². The van der Waals surface area contributed by atoms with E-state index < -0.39 is 9.84 Å². The van der Waals surface area contributed by atoms with Gasteiger partial charge >= 0.3 is 0 Å². The Labute approximate surface area is 110 Å². The van der Waals surface area contributed by atoms with Crippen LogP contribution in [0.3, 0.4) is 0 Å². The molecule has 0 saturated heterocycles. The lowest BCUT2D eigenvalue weighted by atomic mass is 10.2. The second-order valence-electron chi connectivity index (χ2n) is 3.50. The highest BCUT2D eigenvalue weighted by Gasteiger charge is 2.06. The van der Waals surface area contributed by atoms with Crippen LogP contribution in [0.5, 0.6) is 0 Å². The summed E-state index contributed by atoms with van der Waals surface area (Å²) in [5, 5.41) is 11.8. The average Bonchev–Trinajstić information content (AvgIpc) is 2.28. The molecule has 0 heterocycles. The van der Waals surface area contributed by atoms with Crippen LogP contribution in [0.4, 0.5) is 5.69 Å². The van der Waals surface area contributed by atoms with Crippen LogP contribution in [0.2, 0.25) is 0 Å². The van der Waals surface area contributed by atoms with Gasteiger partial charge in [0.25, 0.3) is 0 Å². The van der Waals surface area contributed by atoms with Crippen LogP contribution in [0.15, 0.2) is 22.7 Å². The summed E-state index contributed by atoms with van der Waals surface area (Å²) in [6.45, 7) is 1.97. The van der Waals surface area contributed by atoms with E-state index in [9.17, 15) is 8.42 Å². The fourth-order valence-corrected chi connectivity index (χ4v) is 2.45. The summed E-state index contributed by atoms with van der Waals surface area (Å²) in [6, 6.07) is 7.23. The van der Waals surface area contributed by atoms with Gasteiger partial charge in [-0.3, -0.25) is 0 Å². The topological polar surface area (TPSA) is 70.0 Å². The van der Waals surface area contributed by atoms with E-state index in [0.717, 1.165) is 10.2 Å². The van der Waals surface area contributed by atoms with Gasteiger partial charge < -0.3 is 5.32 Å². The lowest BCUT2D eigenvalue weighted by molar-refractivity contribution is 0.597. The molecule has 0 radical (unpaired) electrons. The van der Waals surface area contributed by atoms with Crippen molar-refractivity contribution >= 4 is 31.5 Å². The number of hydrogen-bond acceptors (Lipinski definition) is 4. The van der Waals surface area contributed by atoms with Gasteiger partial charge in [-0.2, -0.15) is 5.26 Å². The number of hydrogen-bond donors (Lipinski definition) is 1. The van der Waals surface area contributed by atoms with Gasteiger partial charge in [-0.15, -0.1) is 0 Å². The Morgan fingerprint density at radius 2 is 2.12 bits per heavy atom. The Balaban J connectivity index is 2.65. The molecule has 92 valence electrons. The van der Waals surface area contributed by atoms with Gasteiger partial charge in [0.2, 0.25) is 0 Å². The van der Waals surface area contributed by atoms with Crippen molar-refractivity contribution in [3.63, 3.8) is 0 Å². The number of halogens is 1. The van der Waals surface area contributed by atoms with Gasteiger partial charge in [0.1, 0.15) is 0 Å². The number of nitrogens with one attached hydrogen (secondary N) is 1. The van der Waals surface area contributed by atoms with Crippen LogP contribution in [-0.4, -0.2) is 26.5 Å². The van der Waals surface area contributed by atoms with Gasteiger partial charge in [-0.1, -0.05) is 22.9 Å². The summed E-state index contributed by atoms with van der Waals surface area (Å²) in [5.41, 5.74) is 1.27. The molecule has 0 unspecified atom stereocenters. The van der Waals surface area contributed by atoms with E-state index in [1.807, 2.05) is 6.07 Å². The standard InChI is InChI=1S/C11H13BrN2O2S/c1-2-17(15,16)4-3-14-11-6-9(8-13)5-10(12)7-11/h5-7,14H,2-4H2,1H3.